The minimum atomic E-state index is -0.0216. The number of carbonyl (C=O) groups is 1. The Hall–Kier alpha value is -2.24. The zero-order valence-corrected chi connectivity index (χ0v) is 14.3. The first-order valence-corrected chi connectivity index (χ1v) is 8.80. The molecule has 1 aliphatic rings. The van der Waals surface area contributed by atoms with Crippen molar-refractivity contribution in [1.29, 1.82) is 0 Å². The number of aliphatic hydroxyl groups excluding tert-OH is 1. The predicted octanol–water partition coefficient (Wildman–Crippen LogP) is 1.62. The first-order chi connectivity index (χ1) is 12.2. The van der Waals surface area contributed by atoms with Crippen LogP contribution in [0.1, 0.15) is 17.5 Å². The van der Waals surface area contributed by atoms with E-state index in [9.17, 15) is 9.90 Å². The highest BCUT2D eigenvalue weighted by Crippen LogP contribution is 2.19. The zero-order chi connectivity index (χ0) is 17.5. The monoisotopic (exact) mass is 339 g/mol. The molecule has 0 spiro atoms. The second-order valence-electron chi connectivity index (χ2n) is 6.66. The van der Waals surface area contributed by atoms with Gasteiger partial charge in [-0.1, -0.05) is 36.4 Å². The lowest BCUT2D eigenvalue weighted by atomic mass is 9.91. The third kappa shape index (κ3) is 5.11. The molecular formula is C20H25N3O2. The summed E-state index contributed by atoms with van der Waals surface area (Å²) in [5.41, 5.74) is 2.17. The first kappa shape index (κ1) is 17.6. The van der Waals surface area contributed by atoms with E-state index in [0.29, 0.717) is 6.42 Å². The molecule has 0 saturated carbocycles. The average Bonchev–Trinajstić information content (AvgIpc) is 2.63. The van der Waals surface area contributed by atoms with Gasteiger partial charge in [-0.2, -0.15) is 0 Å². The minimum absolute atomic E-state index is 0.0157. The molecule has 2 N–H and O–H groups in total. The van der Waals surface area contributed by atoms with Crippen LogP contribution in [-0.2, 0) is 17.8 Å². The number of hydrogen-bond acceptors (Lipinski definition) is 4. The van der Waals surface area contributed by atoms with Gasteiger partial charge in [-0.25, -0.2) is 0 Å². The number of pyridine rings is 1. The van der Waals surface area contributed by atoms with Gasteiger partial charge >= 0.3 is 0 Å². The second kappa shape index (κ2) is 8.74. The van der Waals surface area contributed by atoms with Gasteiger partial charge in [-0.3, -0.25) is 14.7 Å². The van der Waals surface area contributed by atoms with Crippen LogP contribution in [0.15, 0.2) is 54.9 Å². The molecule has 2 unspecified atom stereocenters. The van der Waals surface area contributed by atoms with Crippen molar-refractivity contribution in [3.63, 3.8) is 0 Å². The topological polar surface area (TPSA) is 65.5 Å². The normalized spacial score (nSPS) is 21.0. The number of amides is 1. The van der Waals surface area contributed by atoms with Gasteiger partial charge < -0.3 is 10.4 Å². The summed E-state index contributed by atoms with van der Waals surface area (Å²) in [6.45, 7) is 2.68. The number of aromatic nitrogens is 1. The molecule has 1 aromatic carbocycles. The standard InChI is InChI=1S/C20H25N3O2/c24-15-18-8-10-23(13-16-5-2-1-3-6-16)14-19(18)22-20(25)11-17-7-4-9-21-12-17/h1-7,9,12,18-19,24H,8,10-11,13-15H2,(H,22,25). The molecule has 1 amide bonds. The van der Waals surface area contributed by atoms with Crippen molar-refractivity contribution >= 4 is 5.91 Å². The Morgan fingerprint density at radius 1 is 1.20 bits per heavy atom. The molecule has 1 saturated heterocycles. The quantitative estimate of drug-likeness (QED) is 0.839. The van der Waals surface area contributed by atoms with Crippen LogP contribution in [0.25, 0.3) is 0 Å². The Bertz CT molecular complexity index is 663. The minimum Gasteiger partial charge on any atom is -0.396 e. The molecule has 5 nitrogen and oxygen atoms in total. The number of benzene rings is 1. The van der Waals surface area contributed by atoms with Gasteiger partial charge in [-0.15, -0.1) is 0 Å². The Morgan fingerprint density at radius 3 is 2.72 bits per heavy atom. The van der Waals surface area contributed by atoms with Crippen molar-refractivity contribution in [3.05, 3.63) is 66.0 Å². The van der Waals surface area contributed by atoms with Crippen LogP contribution in [0, 0.1) is 5.92 Å². The number of likely N-dealkylation sites (tertiary alicyclic amines) is 1. The van der Waals surface area contributed by atoms with E-state index in [1.807, 2.05) is 30.3 Å². The van der Waals surface area contributed by atoms with Crippen molar-refractivity contribution in [2.45, 2.75) is 25.4 Å². The smallest absolute Gasteiger partial charge is 0.224 e. The lowest BCUT2D eigenvalue weighted by Crippen LogP contribution is -2.53. The van der Waals surface area contributed by atoms with E-state index in [2.05, 4.69) is 27.3 Å². The van der Waals surface area contributed by atoms with E-state index in [0.717, 1.165) is 31.6 Å². The summed E-state index contributed by atoms with van der Waals surface area (Å²) < 4.78 is 0. The molecule has 1 aliphatic heterocycles. The highest BCUT2D eigenvalue weighted by Gasteiger charge is 2.29. The summed E-state index contributed by atoms with van der Waals surface area (Å²) in [5.74, 6) is 0.0999. The fourth-order valence-corrected chi connectivity index (χ4v) is 3.38. The lowest BCUT2D eigenvalue weighted by molar-refractivity contribution is -0.122. The molecule has 3 rings (SSSR count). The van der Waals surface area contributed by atoms with E-state index >= 15 is 0 Å². The molecule has 0 radical (unpaired) electrons. The first-order valence-electron chi connectivity index (χ1n) is 8.80. The molecule has 2 atom stereocenters. The Morgan fingerprint density at radius 2 is 2.00 bits per heavy atom. The van der Waals surface area contributed by atoms with Crippen LogP contribution in [0.5, 0.6) is 0 Å². The van der Waals surface area contributed by atoms with Gasteiger partial charge in [0.25, 0.3) is 0 Å². The SMILES string of the molecule is O=C(Cc1cccnc1)NC1CN(Cc2ccccc2)CCC1CO. The maximum Gasteiger partial charge on any atom is 0.224 e. The third-order valence-corrected chi connectivity index (χ3v) is 4.76. The van der Waals surface area contributed by atoms with Crippen molar-refractivity contribution in [2.75, 3.05) is 19.7 Å². The van der Waals surface area contributed by atoms with Gasteiger partial charge in [-0.05, 0) is 30.2 Å². The summed E-state index contributed by atoms with van der Waals surface area (Å²) in [5, 5.41) is 12.8. The summed E-state index contributed by atoms with van der Waals surface area (Å²) >= 11 is 0. The number of nitrogens with one attached hydrogen (secondary N) is 1. The number of rotatable bonds is 6. The molecule has 5 heteroatoms. The van der Waals surface area contributed by atoms with Crippen LogP contribution < -0.4 is 5.32 Å². The van der Waals surface area contributed by atoms with Gasteiger partial charge in [0, 0.05) is 44.0 Å². The summed E-state index contributed by atoms with van der Waals surface area (Å²) in [6.07, 6.45) is 4.62. The maximum atomic E-state index is 12.4. The molecule has 1 aromatic heterocycles. The van der Waals surface area contributed by atoms with E-state index in [4.69, 9.17) is 0 Å². The fourth-order valence-electron chi connectivity index (χ4n) is 3.38. The molecule has 1 fully saturated rings. The van der Waals surface area contributed by atoms with Crippen LogP contribution in [-0.4, -0.2) is 46.6 Å². The predicted molar refractivity (Wildman–Crippen MR) is 96.8 cm³/mol. The third-order valence-electron chi connectivity index (χ3n) is 4.76. The summed E-state index contributed by atoms with van der Waals surface area (Å²) in [6, 6.07) is 14.1. The van der Waals surface area contributed by atoms with E-state index in [1.54, 1.807) is 12.4 Å². The number of aliphatic hydroxyl groups is 1. The lowest BCUT2D eigenvalue weighted by Gasteiger charge is -2.38. The number of piperidine rings is 1. The van der Waals surface area contributed by atoms with Crippen LogP contribution in [0.2, 0.25) is 0 Å². The van der Waals surface area contributed by atoms with E-state index in [1.165, 1.54) is 5.56 Å². The number of nitrogens with zero attached hydrogens (tertiary/aromatic N) is 2. The number of carbonyl (C=O) groups excluding carboxylic acids is 1. The highest BCUT2D eigenvalue weighted by atomic mass is 16.3. The number of hydrogen-bond donors (Lipinski definition) is 2. The van der Waals surface area contributed by atoms with E-state index in [-0.39, 0.29) is 24.5 Å². The molecule has 25 heavy (non-hydrogen) atoms. The summed E-state index contributed by atoms with van der Waals surface area (Å²) in [7, 11) is 0. The maximum absolute atomic E-state index is 12.4. The zero-order valence-electron chi connectivity index (χ0n) is 14.3. The van der Waals surface area contributed by atoms with E-state index < -0.39 is 0 Å². The van der Waals surface area contributed by atoms with Crippen molar-refractivity contribution in [1.82, 2.24) is 15.2 Å². The van der Waals surface area contributed by atoms with Crippen LogP contribution in [0.3, 0.4) is 0 Å². The van der Waals surface area contributed by atoms with Crippen molar-refractivity contribution < 1.29 is 9.90 Å². The fraction of sp³-hybridized carbons (Fsp3) is 0.400. The van der Waals surface area contributed by atoms with Crippen LogP contribution in [0.4, 0.5) is 0 Å². The van der Waals surface area contributed by atoms with Crippen molar-refractivity contribution in [3.8, 4) is 0 Å². The Kier molecular flexibility index (Phi) is 6.14. The molecule has 2 aromatic rings. The Balaban J connectivity index is 1.58. The van der Waals surface area contributed by atoms with Gasteiger partial charge in [0.05, 0.1) is 6.42 Å². The molecule has 2 heterocycles. The van der Waals surface area contributed by atoms with Gasteiger partial charge in [0.15, 0.2) is 0 Å². The van der Waals surface area contributed by atoms with Crippen molar-refractivity contribution in [2.24, 2.45) is 5.92 Å². The van der Waals surface area contributed by atoms with Gasteiger partial charge in [0.1, 0.15) is 0 Å². The van der Waals surface area contributed by atoms with Gasteiger partial charge in [0.2, 0.25) is 5.91 Å². The highest BCUT2D eigenvalue weighted by molar-refractivity contribution is 5.78. The molecule has 0 bridgehead atoms. The molecular weight excluding hydrogens is 314 g/mol. The second-order valence-corrected chi connectivity index (χ2v) is 6.66. The molecule has 132 valence electrons. The Labute approximate surface area is 148 Å². The summed E-state index contributed by atoms with van der Waals surface area (Å²) in [4.78, 5) is 18.8. The largest absolute Gasteiger partial charge is 0.396 e. The van der Waals surface area contributed by atoms with Crippen LogP contribution >= 0.6 is 0 Å². The molecule has 0 aliphatic carbocycles. The average molecular weight is 339 g/mol.